The van der Waals surface area contributed by atoms with Crippen LogP contribution in [0.1, 0.15) is 0 Å². The maximum Gasteiger partial charge on any atom is 0.0910 e. The summed E-state index contributed by atoms with van der Waals surface area (Å²) in [6, 6.07) is 7.70. The number of aromatic nitrogens is 2. The van der Waals surface area contributed by atoms with Crippen molar-refractivity contribution < 1.29 is 0 Å². The van der Waals surface area contributed by atoms with Gasteiger partial charge in [-0.1, -0.05) is 23.7 Å². The molecule has 2 aromatic rings. The van der Waals surface area contributed by atoms with E-state index in [2.05, 4.69) is 10.4 Å². The van der Waals surface area contributed by atoms with Gasteiger partial charge in [0.25, 0.3) is 0 Å². The number of nitrogens with two attached hydrogens (primary N) is 1. The second-order valence-electron chi connectivity index (χ2n) is 3.75. The first kappa shape index (κ1) is 12.0. The van der Waals surface area contributed by atoms with Crippen LogP contribution in [-0.2, 0) is 7.05 Å². The lowest BCUT2D eigenvalue weighted by atomic mass is 10.1. The quantitative estimate of drug-likeness (QED) is 0.874. The minimum Gasteiger partial charge on any atom is -0.381 e. The smallest absolute Gasteiger partial charge is 0.0910 e. The topological polar surface area (TPSA) is 55.9 Å². The molecule has 0 bridgehead atoms. The molecule has 0 unspecified atom stereocenters. The molecule has 0 radical (unpaired) electrons. The minimum atomic E-state index is 0.592. The zero-order valence-electron chi connectivity index (χ0n) is 9.65. The Balaban J connectivity index is 2.36. The molecule has 0 fully saturated rings. The van der Waals surface area contributed by atoms with Gasteiger partial charge in [0.15, 0.2) is 0 Å². The minimum absolute atomic E-state index is 0.592. The lowest BCUT2D eigenvalue weighted by Crippen LogP contribution is -2.13. The summed E-state index contributed by atoms with van der Waals surface area (Å²) >= 11 is 5.88. The molecule has 0 aliphatic heterocycles. The number of hydrogen-bond donors (Lipinski definition) is 2. The van der Waals surface area contributed by atoms with Gasteiger partial charge in [-0.25, -0.2) is 0 Å². The molecule has 3 N–H and O–H groups in total. The summed E-state index contributed by atoms with van der Waals surface area (Å²) in [5, 5.41) is 8.23. The second kappa shape index (κ2) is 5.21. The Kier molecular flexibility index (Phi) is 3.66. The van der Waals surface area contributed by atoms with Gasteiger partial charge in [0, 0.05) is 30.7 Å². The number of hydrogen-bond acceptors (Lipinski definition) is 3. The lowest BCUT2D eigenvalue weighted by molar-refractivity contribution is 0.776. The summed E-state index contributed by atoms with van der Waals surface area (Å²) in [4.78, 5) is 0. The second-order valence-corrected chi connectivity index (χ2v) is 4.19. The van der Waals surface area contributed by atoms with Crippen molar-refractivity contribution in [1.29, 1.82) is 0 Å². The predicted octanol–water partition coefficient (Wildman–Crippen LogP) is 2.11. The van der Waals surface area contributed by atoms with Crippen LogP contribution in [0.4, 0.5) is 5.69 Å². The molecule has 0 saturated carbocycles. The Morgan fingerprint density at radius 1 is 1.35 bits per heavy atom. The van der Waals surface area contributed by atoms with Crippen molar-refractivity contribution in [2.24, 2.45) is 12.8 Å². The SMILES string of the molecule is Cn1ncc(NCCN)c1-c1ccc(Cl)cc1. The van der Waals surface area contributed by atoms with Crippen molar-refractivity contribution in [2.45, 2.75) is 0 Å². The fourth-order valence-electron chi connectivity index (χ4n) is 1.72. The van der Waals surface area contributed by atoms with E-state index in [0.717, 1.165) is 28.5 Å². The third kappa shape index (κ3) is 2.60. The summed E-state index contributed by atoms with van der Waals surface area (Å²) in [6.45, 7) is 1.32. The van der Waals surface area contributed by atoms with E-state index in [4.69, 9.17) is 17.3 Å². The van der Waals surface area contributed by atoms with Crippen molar-refractivity contribution in [3.8, 4) is 11.3 Å². The van der Waals surface area contributed by atoms with Gasteiger partial charge in [0.1, 0.15) is 0 Å². The zero-order chi connectivity index (χ0) is 12.3. The summed E-state index contributed by atoms with van der Waals surface area (Å²) in [5.74, 6) is 0. The first-order valence-electron chi connectivity index (χ1n) is 5.44. The molecule has 0 amide bonds. The number of nitrogens with one attached hydrogen (secondary N) is 1. The Hall–Kier alpha value is -1.52. The van der Waals surface area contributed by atoms with Crippen LogP contribution in [0.5, 0.6) is 0 Å². The predicted molar refractivity (Wildman–Crippen MR) is 71.2 cm³/mol. The van der Waals surface area contributed by atoms with Crippen LogP contribution < -0.4 is 11.1 Å². The molecule has 1 heterocycles. The van der Waals surface area contributed by atoms with E-state index in [0.29, 0.717) is 6.54 Å². The van der Waals surface area contributed by atoms with Crippen molar-refractivity contribution in [1.82, 2.24) is 9.78 Å². The first-order valence-corrected chi connectivity index (χ1v) is 5.82. The molecule has 1 aromatic heterocycles. The highest BCUT2D eigenvalue weighted by Gasteiger charge is 2.10. The summed E-state index contributed by atoms with van der Waals surface area (Å²) in [5.41, 5.74) is 8.59. The van der Waals surface area contributed by atoms with Crippen LogP contribution in [0.25, 0.3) is 11.3 Å². The highest BCUT2D eigenvalue weighted by molar-refractivity contribution is 6.30. The van der Waals surface area contributed by atoms with E-state index in [1.54, 1.807) is 6.20 Å². The Morgan fingerprint density at radius 3 is 2.71 bits per heavy atom. The first-order chi connectivity index (χ1) is 8.22. The van der Waals surface area contributed by atoms with Crippen LogP contribution in [-0.4, -0.2) is 22.9 Å². The molecule has 17 heavy (non-hydrogen) atoms. The molecule has 2 rings (SSSR count). The number of aryl methyl sites for hydroxylation is 1. The van der Waals surface area contributed by atoms with E-state index >= 15 is 0 Å². The average molecular weight is 251 g/mol. The fraction of sp³-hybridized carbons (Fsp3) is 0.250. The lowest BCUT2D eigenvalue weighted by Gasteiger charge is -2.08. The third-order valence-corrected chi connectivity index (χ3v) is 2.77. The van der Waals surface area contributed by atoms with Gasteiger partial charge < -0.3 is 11.1 Å². The van der Waals surface area contributed by atoms with Crippen LogP contribution in [0.3, 0.4) is 0 Å². The molecule has 90 valence electrons. The Bertz CT molecular complexity index is 490. The van der Waals surface area contributed by atoms with Crippen molar-refractivity contribution in [3.05, 3.63) is 35.5 Å². The molecule has 0 atom stereocenters. The van der Waals surface area contributed by atoms with E-state index in [9.17, 15) is 0 Å². The molecule has 1 aromatic carbocycles. The van der Waals surface area contributed by atoms with E-state index in [-0.39, 0.29) is 0 Å². The van der Waals surface area contributed by atoms with Crippen molar-refractivity contribution >= 4 is 17.3 Å². The van der Waals surface area contributed by atoms with Gasteiger partial charge in [-0.2, -0.15) is 5.10 Å². The number of rotatable bonds is 4. The number of anilines is 1. The number of halogens is 1. The molecule has 0 aliphatic carbocycles. The van der Waals surface area contributed by atoms with Crippen LogP contribution in [0.15, 0.2) is 30.5 Å². The van der Waals surface area contributed by atoms with Gasteiger partial charge in [0.2, 0.25) is 0 Å². The summed E-state index contributed by atoms with van der Waals surface area (Å²) in [6.07, 6.45) is 1.81. The summed E-state index contributed by atoms with van der Waals surface area (Å²) < 4.78 is 1.84. The Morgan fingerprint density at radius 2 is 2.06 bits per heavy atom. The number of nitrogens with zero attached hydrogens (tertiary/aromatic N) is 2. The Labute approximate surface area is 105 Å². The maximum atomic E-state index is 5.88. The maximum absolute atomic E-state index is 5.88. The molecule has 0 saturated heterocycles. The van der Waals surface area contributed by atoms with Gasteiger partial charge >= 0.3 is 0 Å². The van der Waals surface area contributed by atoms with Crippen molar-refractivity contribution in [2.75, 3.05) is 18.4 Å². The van der Waals surface area contributed by atoms with Crippen LogP contribution in [0, 0.1) is 0 Å². The molecular formula is C12H15ClN4. The fourth-order valence-corrected chi connectivity index (χ4v) is 1.85. The standard InChI is InChI=1S/C12H15ClN4/c1-17-12(9-2-4-10(13)5-3-9)11(8-16-17)15-7-6-14/h2-5,8,15H,6-7,14H2,1H3. The van der Waals surface area contributed by atoms with Gasteiger partial charge in [-0.15, -0.1) is 0 Å². The normalized spacial score (nSPS) is 10.5. The highest BCUT2D eigenvalue weighted by atomic mass is 35.5. The van der Waals surface area contributed by atoms with E-state index in [1.807, 2.05) is 36.0 Å². The van der Waals surface area contributed by atoms with Gasteiger partial charge in [-0.3, -0.25) is 4.68 Å². The zero-order valence-corrected chi connectivity index (χ0v) is 10.4. The largest absolute Gasteiger partial charge is 0.381 e. The van der Waals surface area contributed by atoms with Gasteiger partial charge in [0.05, 0.1) is 17.6 Å². The van der Waals surface area contributed by atoms with Crippen LogP contribution >= 0.6 is 11.6 Å². The van der Waals surface area contributed by atoms with E-state index < -0.39 is 0 Å². The van der Waals surface area contributed by atoms with Gasteiger partial charge in [-0.05, 0) is 12.1 Å². The molecule has 5 heteroatoms. The third-order valence-electron chi connectivity index (χ3n) is 2.52. The molecule has 0 spiro atoms. The van der Waals surface area contributed by atoms with E-state index in [1.165, 1.54) is 0 Å². The monoisotopic (exact) mass is 250 g/mol. The average Bonchev–Trinajstić information content (AvgIpc) is 2.69. The number of benzene rings is 1. The molecule has 0 aliphatic rings. The molecular weight excluding hydrogens is 236 g/mol. The van der Waals surface area contributed by atoms with Crippen molar-refractivity contribution in [3.63, 3.8) is 0 Å². The summed E-state index contributed by atoms with van der Waals surface area (Å²) in [7, 11) is 1.91. The highest BCUT2D eigenvalue weighted by Crippen LogP contribution is 2.28. The van der Waals surface area contributed by atoms with Crippen LogP contribution in [0.2, 0.25) is 5.02 Å². The molecule has 4 nitrogen and oxygen atoms in total.